The molecule has 0 aliphatic carbocycles. The standard InChI is InChI=1S/C16H19NO/c1-12-7-9-14(10-8-12)13(2)17-16-6-4-3-5-15(16)11-18/h3-10,13,17-18H,11H2,1-2H3. The summed E-state index contributed by atoms with van der Waals surface area (Å²) in [5, 5.41) is 12.7. The minimum atomic E-state index is 0.0593. The van der Waals surface area contributed by atoms with Crippen molar-refractivity contribution in [2.24, 2.45) is 0 Å². The molecule has 0 heterocycles. The summed E-state index contributed by atoms with van der Waals surface area (Å²) in [4.78, 5) is 0. The van der Waals surface area contributed by atoms with Crippen molar-refractivity contribution in [1.82, 2.24) is 0 Å². The summed E-state index contributed by atoms with van der Waals surface area (Å²) in [7, 11) is 0. The molecule has 0 bridgehead atoms. The summed E-state index contributed by atoms with van der Waals surface area (Å²) in [6, 6.07) is 16.6. The van der Waals surface area contributed by atoms with Crippen molar-refractivity contribution in [2.75, 3.05) is 5.32 Å². The molecule has 2 N–H and O–H groups in total. The van der Waals surface area contributed by atoms with E-state index in [1.54, 1.807) is 0 Å². The fourth-order valence-corrected chi connectivity index (χ4v) is 1.97. The number of hydrogen-bond acceptors (Lipinski definition) is 2. The maximum absolute atomic E-state index is 9.30. The van der Waals surface area contributed by atoms with Crippen LogP contribution in [-0.2, 0) is 6.61 Å². The molecule has 0 aliphatic heterocycles. The van der Waals surface area contributed by atoms with E-state index in [-0.39, 0.29) is 12.6 Å². The van der Waals surface area contributed by atoms with Gasteiger partial charge in [0.15, 0.2) is 0 Å². The fraction of sp³-hybridized carbons (Fsp3) is 0.250. The molecule has 0 aromatic heterocycles. The van der Waals surface area contributed by atoms with Crippen molar-refractivity contribution >= 4 is 5.69 Å². The quantitative estimate of drug-likeness (QED) is 0.856. The Morgan fingerprint density at radius 3 is 2.39 bits per heavy atom. The van der Waals surface area contributed by atoms with Crippen molar-refractivity contribution in [3.05, 3.63) is 65.2 Å². The lowest BCUT2D eigenvalue weighted by molar-refractivity contribution is 0.282. The fourth-order valence-electron chi connectivity index (χ4n) is 1.97. The Balaban J connectivity index is 2.15. The molecule has 0 saturated carbocycles. The lowest BCUT2D eigenvalue weighted by atomic mass is 10.1. The van der Waals surface area contributed by atoms with E-state index >= 15 is 0 Å². The highest BCUT2D eigenvalue weighted by Gasteiger charge is 2.07. The molecule has 94 valence electrons. The van der Waals surface area contributed by atoms with Gasteiger partial charge in [0.1, 0.15) is 0 Å². The third-order valence-electron chi connectivity index (χ3n) is 3.14. The molecular weight excluding hydrogens is 222 g/mol. The molecule has 0 fully saturated rings. The van der Waals surface area contributed by atoms with Crippen LogP contribution in [0.4, 0.5) is 5.69 Å². The molecule has 0 aliphatic rings. The molecule has 0 spiro atoms. The number of nitrogens with one attached hydrogen (secondary N) is 1. The number of aryl methyl sites for hydroxylation is 1. The molecule has 0 radical (unpaired) electrons. The first-order chi connectivity index (χ1) is 8.70. The molecular formula is C16H19NO. The number of rotatable bonds is 4. The summed E-state index contributed by atoms with van der Waals surface area (Å²) in [6.07, 6.45) is 0. The summed E-state index contributed by atoms with van der Waals surface area (Å²) >= 11 is 0. The van der Waals surface area contributed by atoms with Crippen LogP contribution < -0.4 is 5.32 Å². The largest absolute Gasteiger partial charge is 0.392 e. The van der Waals surface area contributed by atoms with Gasteiger partial charge in [-0.3, -0.25) is 0 Å². The molecule has 0 saturated heterocycles. The van der Waals surface area contributed by atoms with E-state index < -0.39 is 0 Å². The van der Waals surface area contributed by atoms with E-state index in [4.69, 9.17) is 0 Å². The van der Waals surface area contributed by atoms with Crippen molar-refractivity contribution < 1.29 is 5.11 Å². The van der Waals surface area contributed by atoms with Crippen LogP contribution >= 0.6 is 0 Å². The van der Waals surface area contributed by atoms with Crippen LogP contribution in [0.2, 0.25) is 0 Å². The second-order valence-corrected chi connectivity index (χ2v) is 4.59. The molecule has 2 nitrogen and oxygen atoms in total. The van der Waals surface area contributed by atoms with Crippen LogP contribution in [0.3, 0.4) is 0 Å². The minimum absolute atomic E-state index is 0.0593. The van der Waals surface area contributed by atoms with Crippen LogP contribution in [0.15, 0.2) is 48.5 Å². The summed E-state index contributed by atoms with van der Waals surface area (Å²) in [5.41, 5.74) is 4.43. The molecule has 2 heteroatoms. The molecule has 1 atom stereocenters. The Labute approximate surface area is 108 Å². The second kappa shape index (κ2) is 5.69. The number of benzene rings is 2. The number of aliphatic hydroxyl groups excluding tert-OH is 1. The van der Waals surface area contributed by atoms with Gasteiger partial charge < -0.3 is 10.4 Å². The Morgan fingerprint density at radius 2 is 1.72 bits per heavy atom. The molecule has 18 heavy (non-hydrogen) atoms. The monoisotopic (exact) mass is 241 g/mol. The van der Waals surface area contributed by atoms with Gasteiger partial charge in [-0.05, 0) is 25.5 Å². The topological polar surface area (TPSA) is 32.3 Å². The first-order valence-electron chi connectivity index (χ1n) is 6.22. The lowest BCUT2D eigenvalue weighted by Gasteiger charge is -2.18. The highest BCUT2D eigenvalue weighted by atomic mass is 16.3. The molecule has 0 amide bonds. The van der Waals surface area contributed by atoms with Crippen LogP contribution in [0, 0.1) is 6.92 Å². The van der Waals surface area contributed by atoms with E-state index in [1.165, 1.54) is 11.1 Å². The molecule has 2 aromatic rings. The average Bonchev–Trinajstić information content (AvgIpc) is 2.40. The Bertz CT molecular complexity index is 505. The van der Waals surface area contributed by atoms with E-state index in [1.807, 2.05) is 24.3 Å². The molecule has 2 aromatic carbocycles. The first-order valence-corrected chi connectivity index (χ1v) is 6.22. The minimum Gasteiger partial charge on any atom is -0.392 e. The Kier molecular flexibility index (Phi) is 4.00. The normalized spacial score (nSPS) is 12.2. The van der Waals surface area contributed by atoms with Crippen molar-refractivity contribution in [3.8, 4) is 0 Å². The highest BCUT2D eigenvalue weighted by molar-refractivity contribution is 5.52. The van der Waals surface area contributed by atoms with Gasteiger partial charge in [0.05, 0.1) is 6.61 Å². The Morgan fingerprint density at radius 1 is 1.06 bits per heavy atom. The number of anilines is 1. The van der Waals surface area contributed by atoms with Gasteiger partial charge in [0, 0.05) is 17.3 Å². The SMILES string of the molecule is Cc1ccc(C(C)Nc2ccccc2CO)cc1. The van der Waals surface area contributed by atoms with E-state index in [0.29, 0.717) is 0 Å². The Hall–Kier alpha value is -1.80. The van der Waals surface area contributed by atoms with Crippen LogP contribution in [0.1, 0.15) is 29.7 Å². The summed E-state index contributed by atoms with van der Waals surface area (Å²) in [6.45, 7) is 4.27. The predicted molar refractivity (Wildman–Crippen MR) is 75.6 cm³/mol. The zero-order chi connectivity index (χ0) is 13.0. The molecule has 1 unspecified atom stereocenters. The smallest absolute Gasteiger partial charge is 0.0701 e. The third kappa shape index (κ3) is 2.90. The van der Waals surface area contributed by atoms with Gasteiger partial charge in [0.2, 0.25) is 0 Å². The maximum Gasteiger partial charge on any atom is 0.0701 e. The van der Waals surface area contributed by atoms with Crippen LogP contribution in [-0.4, -0.2) is 5.11 Å². The van der Waals surface area contributed by atoms with E-state index in [2.05, 4.69) is 43.4 Å². The third-order valence-corrected chi connectivity index (χ3v) is 3.14. The van der Waals surface area contributed by atoms with Gasteiger partial charge in [-0.15, -0.1) is 0 Å². The van der Waals surface area contributed by atoms with Crippen LogP contribution in [0.5, 0.6) is 0 Å². The number of aliphatic hydroxyl groups is 1. The van der Waals surface area contributed by atoms with Gasteiger partial charge in [-0.2, -0.15) is 0 Å². The summed E-state index contributed by atoms with van der Waals surface area (Å²) in [5.74, 6) is 0. The number of hydrogen-bond donors (Lipinski definition) is 2. The molecule has 2 rings (SSSR count). The van der Waals surface area contributed by atoms with Gasteiger partial charge in [0.25, 0.3) is 0 Å². The predicted octanol–water partition coefficient (Wildman–Crippen LogP) is 3.66. The zero-order valence-electron chi connectivity index (χ0n) is 10.9. The lowest BCUT2D eigenvalue weighted by Crippen LogP contribution is -2.08. The average molecular weight is 241 g/mol. The highest BCUT2D eigenvalue weighted by Crippen LogP contribution is 2.22. The van der Waals surface area contributed by atoms with Crippen molar-refractivity contribution in [3.63, 3.8) is 0 Å². The van der Waals surface area contributed by atoms with E-state index in [9.17, 15) is 5.11 Å². The maximum atomic E-state index is 9.30. The summed E-state index contributed by atoms with van der Waals surface area (Å²) < 4.78 is 0. The van der Waals surface area contributed by atoms with E-state index in [0.717, 1.165) is 11.3 Å². The van der Waals surface area contributed by atoms with Gasteiger partial charge in [-0.25, -0.2) is 0 Å². The van der Waals surface area contributed by atoms with Crippen molar-refractivity contribution in [2.45, 2.75) is 26.5 Å². The second-order valence-electron chi connectivity index (χ2n) is 4.59. The zero-order valence-corrected chi connectivity index (χ0v) is 10.9. The first kappa shape index (κ1) is 12.7. The van der Waals surface area contributed by atoms with Gasteiger partial charge in [-0.1, -0.05) is 48.0 Å². The van der Waals surface area contributed by atoms with Crippen LogP contribution in [0.25, 0.3) is 0 Å². The van der Waals surface area contributed by atoms with Crippen molar-refractivity contribution in [1.29, 1.82) is 0 Å². The van der Waals surface area contributed by atoms with Gasteiger partial charge >= 0.3 is 0 Å². The number of para-hydroxylation sites is 1.